The predicted molar refractivity (Wildman–Crippen MR) is 99.7 cm³/mol. The molecule has 0 fully saturated rings. The number of hydrogen-bond acceptors (Lipinski definition) is 8. The Morgan fingerprint density at radius 2 is 1.96 bits per heavy atom. The molecule has 9 heteroatoms. The van der Waals surface area contributed by atoms with Crippen molar-refractivity contribution in [3.8, 4) is 11.5 Å². The minimum atomic E-state index is -0.166. The molecule has 0 bridgehead atoms. The summed E-state index contributed by atoms with van der Waals surface area (Å²) in [5, 5.41) is 11.0. The summed E-state index contributed by atoms with van der Waals surface area (Å²) in [4.78, 5) is 12.1. The van der Waals surface area contributed by atoms with Gasteiger partial charge in [0.1, 0.15) is 0 Å². The molecule has 1 aromatic carbocycles. The number of nitrogens with zero attached hydrogens (tertiary/aromatic N) is 2. The summed E-state index contributed by atoms with van der Waals surface area (Å²) in [5.41, 5.74) is 0.645. The Morgan fingerprint density at radius 1 is 1.20 bits per heavy atom. The molecule has 0 radical (unpaired) electrons. The molecule has 1 heterocycles. The second-order valence-electron chi connectivity index (χ2n) is 4.76. The fourth-order valence-corrected chi connectivity index (χ4v) is 2.88. The maximum atomic E-state index is 12.1. The first kappa shape index (κ1) is 19.5. The summed E-state index contributed by atoms with van der Waals surface area (Å²) in [6.45, 7) is 4.87. The normalized spacial score (nSPS) is 10.5. The van der Waals surface area contributed by atoms with Crippen LogP contribution >= 0.6 is 23.5 Å². The van der Waals surface area contributed by atoms with Crippen LogP contribution < -0.4 is 14.8 Å². The van der Waals surface area contributed by atoms with E-state index in [1.807, 2.05) is 20.1 Å². The third-order valence-electron chi connectivity index (χ3n) is 2.87. The number of rotatable bonds is 10. The van der Waals surface area contributed by atoms with Gasteiger partial charge in [0.25, 0.3) is 5.22 Å². The molecule has 7 nitrogen and oxygen atoms in total. The summed E-state index contributed by atoms with van der Waals surface area (Å²) in [6.07, 6.45) is 1.96. The highest BCUT2D eigenvalue weighted by atomic mass is 32.2. The Hall–Kier alpha value is -1.87. The minimum Gasteiger partial charge on any atom is -0.490 e. The largest absolute Gasteiger partial charge is 0.490 e. The van der Waals surface area contributed by atoms with Crippen molar-refractivity contribution in [2.45, 2.75) is 24.8 Å². The van der Waals surface area contributed by atoms with Crippen molar-refractivity contribution in [1.82, 2.24) is 10.2 Å². The Morgan fingerprint density at radius 3 is 2.68 bits per heavy atom. The monoisotopic (exact) mass is 383 g/mol. The molecular weight excluding hydrogens is 362 g/mol. The second kappa shape index (κ2) is 10.2. The molecule has 2 aromatic rings. The quantitative estimate of drug-likeness (QED) is 0.624. The number of anilines is 1. The molecule has 0 aliphatic heterocycles. The zero-order valence-electron chi connectivity index (χ0n) is 14.4. The summed E-state index contributed by atoms with van der Waals surface area (Å²) in [5.74, 6) is 2.49. The van der Waals surface area contributed by atoms with Crippen LogP contribution in [0.25, 0.3) is 0 Å². The number of ether oxygens (including phenoxy) is 2. The van der Waals surface area contributed by atoms with Crippen molar-refractivity contribution in [3.05, 3.63) is 24.1 Å². The lowest BCUT2D eigenvalue weighted by atomic mass is 10.2. The first-order valence-electron chi connectivity index (χ1n) is 7.79. The van der Waals surface area contributed by atoms with Crippen molar-refractivity contribution in [2.75, 3.05) is 30.5 Å². The third-order valence-corrected chi connectivity index (χ3v) is 4.22. The highest BCUT2D eigenvalue weighted by molar-refractivity contribution is 7.99. The summed E-state index contributed by atoms with van der Waals surface area (Å²) >= 11 is 2.80. The van der Waals surface area contributed by atoms with Gasteiger partial charge in [0.15, 0.2) is 11.5 Å². The number of aromatic nitrogens is 2. The molecule has 0 aliphatic rings. The molecule has 0 saturated carbocycles. The van der Waals surface area contributed by atoms with Gasteiger partial charge in [-0.15, -0.1) is 10.2 Å². The van der Waals surface area contributed by atoms with Crippen LogP contribution in [0, 0.1) is 0 Å². The van der Waals surface area contributed by atoms with Gasteiger partial charge >= 0.3 is 0 Å². The average Bonchev–Trinajstić information content (AvgIpc) is 3.04. The standard InChI is InChI=1S/C16H21N3O4S2/c1-4-21-12-7-6-11(8-13(12)22-5-2)17-14(20)9-25-16-19-18-15(23-16)10-24-3/h6-8H,4-5,9-10H2,1-3H3,(H,17,20). The van der Waals surface area contributed by atoms with Gasteiger partial charge in [-0.2, -0.15) is 11.8 Å². The summed E-state index contributed by atoms with van der Waals surface area (Å²) < 4.78 is 16.5. The van der Waals surface area contributed by atoms with Crippen LogP contribution in [-0.4, -0.2) is 41.3 Å². The highest BCUT2D eigenvalue weighted by Gasteiger charge is 2.11. The van der Waals surface area contributed by atoms with Crippen molar-refractivity contribution in [1.29, 1.82) is 0 Å². The van der Waals surface area contributed by atoms with E-state index in [1.54, 1.807) is 30.0 Å². The van der Waals surface area contributed by atoms with Crippen LogP contribution in [0.4, 0.5) is 5.69 Å². The molecule has 0 spiro atoms. The molecule has 1 N–H and O–H groups in total. The van der Waals surface area contributed by atoms with Crippen LogP contribution in [0.5, 0.6) is 11.5 Å². The predicted octanol–water partition coefficient (Wildman–Crippen LogP) is 3.46. The van der Waals surface area contributed by atoms with E-state index in [1.165, 1.54) is 11.8 Å². The lowest BCUT2D eigenvalue weighted by Crippen LogP contribution is -2.14. The molecule has 1 aromatic heterocycles. The van der Waals surface area contributed by atoms with Crippen LogP contribution in [-0.2, 0) is 10.5 Å². The molecule has 0 aliphatic carbocycles. The molecule has 2 rings (SSSR count). The number of amides is 1. The first-order chi connectivity index (χ1) is 12.2. The zero-order chi connectivity index (χ0) is 18.1. The summed E-state index contributed by atoms with van der Waals surface area (Å²) in [6, 6.07) is 5.31. The van der Waals surface area contributed by atoms with E-state index in [9.17, 15) is 4.79 Å². The van der Waals surface area contributed by atoms with Gasteiger partial charge in [0, 0.05) is 11.8 Å². The van der Waals surface area contributed by atoms with Crippen LogP contribution in [0.2, 0.25) is 0 Å². The minimum absolute atomic E-state index is 0.166. The van der Waals surface area contributed by atoms with Gasteiger partial charge in [-0.25, -0.2) is 0 Å². The van der Waals surface area contributed by atoms with E-state index in [4.69, 9.17) is 13.9 Å². The van der Waals surface area contributed by atoms with Gasteiger partial charge < -0.3 is 19.2 Å². The Kier molecular flexibility index (Phi) is 7.93. The van der Waals surface area contributed by atoms with E-state index in [2.05, 4.69) is 15.5 Å². The SMILES string of the molecule is CCOc1ccc(NC(=O)CSc2nnc(CSC)o2)cc1OCC. The van der Waals surface area contributed by atoms with Crippen molar-refractivity contribution in [3.63, 3.8) is 0 Å². The van der Waals surface area contributed by atoms with E-state index < -0.39 is 0 Å². The Balaban J connectivity index is 1.91. The number of thioether (sulfide) groups is 2. The molecule has 0 atom stereocenters. The van der Waals surface area contributed by atoms with E-state index >= 15 is 0 Å². The van der Waals surface area contributed by atoms with Crippen molar-refractivity contribution in [2.24, 2.45) is 0 Å². The smallest absolute Gasteiger partial charge is 0.277 e. The van der Waals surface area contributed by atoms with Crippen LogP contribution in [0.15, 0.2) is 27.8 Å². The number of nitrogens with one attached hydrogen (secondary N) is 1. The number of carbonyl (C=O) groups excluding carboxylic acids is 1. The lowest BCUT2D eigenvalue weighted by molar-refractivity contribution is -0.113. The van der Waals surface area contributed by atoms with Gasteiger partial charge in [-0.3, -0.25) is 4.79 Å². The van der Waals surface area contributed by atoms with E-state index in [0.717, 1.165) is 0 Å². The lowest BCUT2D eigenvalue weighted by Gasteiger charge is -2.12. The van der Waals surface area contributed by atoms with Crippen molar-refractivity contribution >= 4 is 35.1 Å². The number of benzene rings is 1. The zero-order valence-corrected chi connectivity index (χ0v) is 16.0. The fourth-order valence-electron chi connectivity index (χ4n) is 1.93. The van der Waals surface area contributed by atoms with Crippen molar-refractivity contribution < 1.29 is 18.7 Å². The van der Waals surface area contributed by atoms with Gasteiger partial charge in [0.05, 0.1) is 24.7 Å². The Bertz CT molecular complexity index is 694. The third kappa shape index (κ3) is 6.17. The number of carbonyl (C=O) groups is 1. The second-order valence-corrected chi connectivity index (χ2v) is 6.55. The van der Waals surface area contributed by atoms with E-state index in [-0.39, 0.29) is 11.7 Å². The average molecular weight is 383 g/mol. The highest BCUT2D eigenvalue weighted by Crippen LogP contribution is 2.30. The molecule has 0 unspecified atom stereocenters. The Labute approximate surface area is 155 Å². The molecular formula is C16H21N3O4S2. The molecule has 0 saturated heterocycles. The topological polar surface area (TPSA) is 86.5 Å². The van der Waals surface area contributed by atoms with Gasteiger partial charge in [-0.05, 0) is 32.2 Å². The maximum Gasteiger partial charge on any atom is 0.277 e. The van der Waals surface area contributed by atoms with Gasteiger partial charge in [-0.1, -0.05) is 11.8 Å². The van der Waals surface area contributed by atoms with E-state index in [0.29, 0.717) is 47.3 Å². The molecule has 136 valence electrons. The van der Waals surface area contributed by atoms with Gasteiger partial charge in [0.2, 0.25) is 11.8 Å². The fraction of sp³-hybridized carbons (Fsp3) is 0.438. The first-order valence-corrected chi connectivity index (χ1v) is 10.2. The van der Waals surface area contributed by atoms with Crippen LogP contribution in [0.1, 0.15) is 19.7 Å². The van der Waals surface area contributed by atoms with Crippen LogP contribution in [0.3, 0.4) is 0 Å². The molecule has 1 amide bonds. The summed E-state index contributed by atoms with van der Waals surface area (Å²) in [7, 11) is 0. The number of hydrogen-bond donors (Lipinski definition) is 1. The molecule has 25 heavy (non-hydrogen) atoms. The maximum absolute atomic E-state index is 12.1.